The number of sulfone groups is 1. The van der Waals surface area contributed by atoms with Gasteiger partial charge in [0, 0.05) is 59.8 Å². The van der Waals surface area contributed by atoms with Gasteiger partial charge in [0.1, 0.15) is 46.6 Å². The molecule has 2 aliphatic carbocycles. The van der Waals surface area contributed by atoms with Crippen LogP contribution in [0.25, 0.3) is 22.0 Å². The first-order valence-corrected chi connectivity index (χ1v) is 29.8. The van der Waals surface area contributed by atoms with Crippen molar-refractivity contribution in [2.45, 2.75) is 99.8 Å². The fourth-order valence-corrected chi connectivity index (χ4v) is 10.9. The van der Waals surface area contributed by atoms with Gasteiger partial charge in [0.2, 0.25) is 28.6 Å². The summed E-state index contributed by atoms with van der Waals surface area (Å²) in [5.74, 6) is -9.41. The summed E-state index contributed by atoms with van der Waals surface area (Å²) >= 11 is 6.61. The molecule has 0 aliphatic heterocycles. The number of phosphoric acid groups is 1. The van der Waals surface area contributed by atoms with Crippen molar-refractivity contribution in [1.29, 1.82) is 0 Å². The van der Waals surface area contributed by atoms with E-state index < -0.39 is 213 Å². The number of halogens is 11. The van der Waals surface area contributed by atoms with Gasteiger partial charge in [0.25, 0.3) is 5.92 Å². The van der Waals surface area contributed by atoms with Gasteiger partial charge in [-0.1, -0.05) is 23.6 Å². The zero-order valence-corrected chi connectivity index (χ0v) is 46.8. The summed E-state index contributed by atoms with van der Waals surface area (Å²) in [6.45, 7) is -3.28. The topological polar surface area (TPSA) is 309 Å². The van der Waals surface area contributed by atoms with Crippen molar-refractivity contribution in [2.24, 2.45) is 5.92 Å². The van der Waals surface area contributed by atoms with Crippen molar-refractivity contribution in [3.05, 3.63) is 98.7 Å². The summed E-state index contributed by atoms with van der Waals surface area (Å²) in [5, 5.41) is 17.8. The number of fused-ring (bicyclic) bond motifs is 4. The maximum absolute atomic E-state index is 15.6. The quantitative estimate of drug-likeness (QED) is 0.0202. The standard InChI is InChI=1S/C48H46ClF10N8O14PS2/c1-45(2,83(3,76)77)12-10-27-6-7-28(40(60-27)33(17-24-15-25(50)18-26(51)16-24)61-36(69)20-66-43-38(42(63-66)48(57,58)59)30-19-31(30)47(43,55)56)29-8-9-32(49)39-34(62-67(41(29)39)22-46(52,53)54)21-84(78,79)64-35(68)5-4-13-65(14-11-37(70)71)44(72)80-23-81-82(73,74)75/h6-9,15-16,18,30-31,33H,4-5,11,13-14,17,19-23H2,1-3H3,(H,61,69)(H,64,68)(H,70,71)(H2,73,74,75)/t30-,31+,33-/m0/s1. The van der Waals surface area contributed by atoms with E-state index >= 15 is 8.78 Å². The fourth-order valence-electron chi connectivity index (χ4n) is 9.08. The third-order valence-corrected chi connectivity index (χ3v) is 17.0. The lowest BCUT2D eigenvalue weighted by atomic mass is 9.93. The molecule has 22 nitrogen and oxygen atoms in total. The highest BCUT2D eigenvalue weighted by molar-refractivity contribution is 7.92. The van der Waals surface area contributed by atoms with Gasteiger partial charge in [-0.2, -0.15) is 45.3 Å². The minimum absolute atomic E-state index is 0.162. The average Bonchev–Trinajstić information content (AvgIpc) is 1.53. The maximum Gasteiger partial charge on any atom is 0.472 e. The first-order valence-electron chi connectivity index (χ1n) is 24.3. The van der Waals surface area contributed by atoms with Gasteiger partial charge >= 0.3 is 32.2 Å². The second-order valence-corrected chi connectivity index (χ2v) is 25.7. The number of hydrogen-bond donors (Lipinski definition) is 5. The van der Waals surface area contributed by atoms with Crippen LogP contribution >= 0.6 is 19.4 Å². The molecule has 3 aromatic heterocycles. The van der Waals surface area contributed by atoms with Crippen molar-refractivity contribution >= 4 is 74.1 Å². The minimum atomic E-state index is -5.26. The van der Waals surface area contributed by atoms with E-state index in [1.165, 1.54) is 13.8 Å². The molecule has 7 rings (SSSR count). The summed E-state index contributed by atoms with van der Waals surface area (Å²) in [5.41, 5.74) is -6.86. The Morgan fingerprint density at radius 2 is 1.60 bits per heavy atom. The summed E-state index contributed by atoms with van der Waals surface area (Å²) in [7, 11) is -14.1. The molecule has 1 fully saturated rings. The first kappa shape index (κ1) is 64.7. The molecule has 0 unspecified atom stereocenters. The average molecular weight is 1280 g/mol. The Morgan fingerprint density at radius 1 is 0.940 bits per heavy atom. The highest BCUT2D eigenvalue weighted by Crippen LogP contribution is 2.68. The SMILES string of the molecule is CC(C)(C#Cc1ccc(-c2ccc(Cl)c3c(CS(=O)(=O)NC(=O)CCCN(CCC(=O)O)C(=O)OCOP(=O)(O)O)nn(CC(F)(F)F)c23)c([C@H](Cc2cc(F)cc(F)c2)NC(=O)Cn2nc(C(F)(F)F)c3c2C(F)(F)[C@@H]2C[C@H]32)n1)S(C)(=O)=O. The summed E-state index contributed by atoms with van der Waals surface area (Å²) in [6.07, 6.45) is -13.8. The van der Waals surface area contributed by atoms with Crippen LogP contribution < -0.4 is 10.0 Å². The smallest absolute Gasteiger partial charge is 0.472 e. The molecule has 2 aromatic carbocycles. The summed E-state index contributed by atoms with van der Waals surface area (Å²) < 4.78 is 220. The van der Waals surface area contributed by atoms with E-state index in [1.807, 2.05) is 0 Å². The van der Waals surface area contributed by atoms with Crippen LogP contribution in [0.1, 0.15) is 91.1 Å². The molecule has 3 amide bonds. The van der Waals surface area contributed by atoms with E-state index in [9.17, 15) is 75.7 Å². The number of ether oxygens (including phenoxy) is 1. The van der Waals surface area contributed by atoms with Crippen molar-refractivity contribution in [2.75, 3.05) is 26.1 Å². The molecule has 36 heteroatoms. The second kappa shape index (κ2) is 23.9. The lowest BCUT2D eigenvalue weighted by Gasteiger charge is -2.23. The number of carbonyl (C=O) groups is 4. The monoisotopic (exact) mass is 1280 g/mol. The number of carbonyl (C=O) groups excluding carboxylic acids is 3. The van der Waals surface area contributed by atoms with E-state index in [2.05, 4.69) is 41.6 Å². The molecule has 1 saturated carbocycles. The van der Waals surface area contributed by atoms with Crippen LogP contribution in [0.2, 0.25) is 5.02 Å². The highest BCUT2D eigenvalue weighted by Gasteiger charge is 2.68. The zero-order chi connectivity index (χ0) is 62.4. The van der Waals surface area contributed by atoms with Crippen LogP contribution in [0.4, 0.5) is 48.7 Å². The van der Waals surface area contributed by atoms with Crippen molar-refractivity contribution in [3.8, 4) is 23.0 Å². The minimum Gasteiger partial charge on any atom is -0.481 e. The number of sulfonamides is 1. The Morgan fingerprint density at radius 3 is 2.20 bits per heavy atom. The van der Waals surface area contributed by atoms with Crippen LogP contribution in [0.15, 0.2) is 42.5 Å². The molecule has 3 atom stereocenters. The number of nitrogens with one attached hydrogen (secondary N) is 2. The molecule has 3 heterocycles. The van der Waals surface area contributed by atoms with Crippen molar-refractivity contribution < 1.29 is 109 Å². The Hall–Kier alpha value is -6.89. The van der Waals surface area contributed by atoms with Gasteiger partial charge in [-0.05, 0) is 80.8 Å². The molecule has 0 spiro atoms. The summed E-state index contributed by atoms with van der Waals surface area (Å²) in [6, 6.07) is 4.54. The van der Waals surface area contributed by atoms with Gasteiger partial charge in [-0.25, -0.2) is 44.5 Å². The number of nitrogens with zero attached hydrogens (tertiary/aromatic N) is 6. The van der Waals surface area contributed by atoms with Crippen molar-refractivity contribution in [1.82, 2.24) is 39.5 Å². The number of amides is 3. The van der Waals surface area contributed by atoms with Crippen LogP contribution in [-0.4, -0.2) is 122 Å². The number of carboxylic acids is 1. The van der Waals surface area contributed by atoms with Crippen LogP contribution in [0.3, 0.4) is 0 Å². The Kier molecular flexibility index (Phi) is 18.4. The van der Waals surface area contributed by atoms with Crippen LogP contribution in [0, 0.1) is 29.4 Å². The number of carboxylic acid groups (broad SMARTS) is 1. The van der Waals surface area contributed by atoms with Gasteiger partial charge < -0.3 is 29.8 Å². The Bertz CT molecular complexity index is 3790. The third-order valence-electron chi connectivity index (χ3n) is 13.1. The predicted octanol–water partition coefficient (Wildman–Crippen LogP) is 7.00. The molecule has 456 valence electrons. The van der Waals surface area contributed by atoms with Gasteiger partial charge in [-0.15, -0.1) is 0 Å². The molecule has 0 bridgehead atoms. The lowest BCUT2D eigenvalue weighted by Crippen LogP contribution is -2.36. The third kappa shape index (κ3) is 15.5. The number of phosphoric ester groups is 1. The van der Waals surface area contributed by atoms with Gasteiger partial charge in [0.15, 0.2) is 15.5 Å². The molecule has 5 aromatic rings. The van der Waals surface area contributed by atoms with E-state index in [0.717, 1.165) is 42.7 Å². The summed E-state index contributed by atoms with van der Waals surface area (Å²) in [4.78, 5) is 73.8. The van der Waals surface area contributed by atoms with Crippen LogP contribution in [-0.2, 0) is 85.4 Å². The molecule has 5 N–H and O–H groups in total. The molecular formula is C48H46ClF10N8O14PS2. The molecule has 0 radical (unpaired) electrons. The van der Waals surface area contributed by atoms with Gasteiger partial charge in [0.05, 0.1) is 34.4 Å². The first-order chi connectivity index (χ1) is 38.6. The number of benzene rings is 2. The van der Waals surface area contributed by atoms with Crippen LogP contribution in [0.5, 0.6) is 0 Å². The molecule has 0 saturated heterocycles. The van der Waals surface area contributed by atoms with E-state index in [-0.39, 0.29) is 38.2 Å². The second-order valence-electron chi connectivity index (χ2n) is 19.8. The largest absolute Gasteiger partial charge is 0.481 e. The number of pyridine rings is 1. The zero-order valence-electron chi connectivity index (χ0n) is 43.5. The number of rotatable bonds is 22. The Labute approximate surface area is 474 Å². The maximum atomic E-state index is 15.6. The van der Waals surface area contributed by atoms with E-state index in [1.54, 1.807) is 4.72 Å². The van der Waals surface area contributed by atoms with Crippen molar-refractivity contribution in [3.63, 3.8) is 0 Å². The Balaban J connectivity index is 1.31. The fraction of sp³-hybridized carbons (Fsp3) is 0.438. The molecular weight excluding hydrogens is 1230 g/mol. The highest BCUT2D eigenvalue weighted by atomic mass is 35.5. The van der Waals surface area contributed by atoms with E-state index in [0.29, 0.717) is 11.0 Å². The molecule has 2 aliphatic rings. The number of aromatic nitrogens is 5. The van der Waals surface area contributed by atoms with Gasteiger partial charge in [-0.3, -0.25) is 28.5 Å². The normalized spacial score (nSPS) is 16.3. The number of hydrogen-bond acceptors (Lipinski definition) is 14. The molecule has 84 heavy (non-hydrogen) atoms. The number of aliphatic carboxylic acids is 1. The lowest BCUT2D eigenvalue weighted by molar-refractivity contribution is -0.143. The van der Waals surface area contributed by atoms with E-state index in [4.69, 9.17) is 26.5 Å². The number of alkyl halides is 8. The predicted molar refractivity (Wildman–Crippen MR) is 271 cm³/mol.